The highest BCUT2D eigenvalue weighted by Gasteiger charge is 2.25. The third kappa shape index (κ3) is 2.86. The molecule has 0 amide bonds. The van der Waals surface area contributed by atoms with Crippen molar-refractivity contribution in [3.63, 3.8) is 0 Å². The number of rotatable bonds is 2. The van der Waals surface area contributed by atoms with Crippen LogP contribution in [0, 0.1) is 0 Å². The molecule has 2 heterocycles. The first-order valence-corrected chi connectivity index (χ1v) is 7.10. The van der Waals surface area contributed by atoms with Crippen LogP contribution >= 0.6 is 0 Å². The second-order valence-electron chi connectivity index (χ2n) is 6.18. The fraction of sp³-hybridized carbons (Fsp3) is 0.222. The summed E-state index contributed by atoms with van der Waals surface area (Å²) < 4.78 is 10.4. The smallest absolute Gasteiger partial charge is 0.363 e. The zero-order valence-electron chi connectivity index (χ0n) is 12.8. The number of ether oxygens (including phenoxy) is 1. The lowest BCUT2D eigenvalue weighted by Gasteiger charge is -2.18. The number of hydrogen-bond acceptors (Lipinski definition) is 4. The van der Waals surface area contributed by atoms with Crippen molar-refractivity contribution in [2.75, 3.05) is 0 Å². The van der Waals surface area contributed by atoms with E-state index in [1.165, 1.54) is 5.56 Å². The number of furan rings is 1. The van der Waals surface area contributed by atoms with Gasteiger partial charge in [-0.3, -0.25) is 0 Å². The van der Waals surface area contributed by atoms with Gasteiger partial charge < -0.3 is 9.15 Å². The Morgan fingerprint density at radius 1 is 1.09 bits per heavy atom. The second-order valence-corrected chi connectivity index (χ2v) is 6.18. The van der Waals surface area contributed by atoms with Gasteiger partial charge in [0.2, 0.25) is 5.90 Å². The molecule has 3 rings (SSSR count). The van der Waals surface area contributed by atoms with Gasteiger partial charge in [0, 0.05) is 11.6 Å². The predicted octanol–water partition coefficient (Wildman–Crippen LogP) is 3.92. The van der Waals surface area contributed by atoms with Gasteiger partial charge in [-0.25, -0.2) is 9.79 Å². The van der Waals surface area contributed by atoms with Crippen LogP contribution in [0.25, 0.3) is 6.08 Å². The molecule has 0 unspecified atom stereocenters. The molecule has 0 saturated heterocycles. The highest BCUT2D eigenvalue weighted by Crippen LogP contribution is 2.24. The summed E-state index contributed by atoms with van der Waals surface area (Å²) in [6.45, 7) is 6.46. The van der Waals surface area contributed by atoms with E-state index in [-0.39, 0.29) is 11.1 Å². The molecule has 1 aromatic heterocycles. The van der Waals surface area contributed by atoms with Crippen molar-refractivity contribution >= 4 is 17.9 Å². The Labute approximate surface area is 129 Å². The Hall–Kier alpha value is -2.62. The predicted molar refractivity (Wildman–Crippen MR) is 84.5 cm³/mol. The van der Waals surface area contributed by atoms with Crippen LogP contribution in [0.15, 0.2) is 57.8 Å². The van der Waals surface area contributed by atoms with Gasteiger partial charge in [0.25, 0.3) is 0 Å². The highest BCUT2D eigenvalue weighted by molar-refractivity contribution is 6.12. The summed E-state index contributed by atoms with van der Waals surface area (Å²) >= 11 is 0. The number of esters is 1. The van der Waals surface area contributed by atoms with Crippen LogP contribution in [0.3, 0.4) is 0 Å². The molecule has 0 aliphatic carbocycles. The van der Waals surface area contributed by atoms with Crippen molar-refractivity contribution in [1.29, 1.82) is 0 Å². The summed E-state index contributed by atoms with van der Waals surface area (Å²) in [6, 6.07) is 11.4. The Balaban J connectivity index is 1.88. The largest absolute Gasteiger partial charge is 0.465 e. The summed E-state index contributed by atoms with van der Waals surface area (Å²) in [6.07, 6.45) is 3.11. The number of hydrogen-bond donors (Lipinski definition) is 0. The highest BCUT2D eigenvalue weighted by atomic mass is 16.6. The van der Waals surface area contributed by atoms with Crippen molar-refractivity contribution < 1.29 is 13.9 Å². The molecule has 22 heavy (non-hydrogen) atoms. The number of cyclic esters (lactones) is 1. The van der Waals surface area contributed by atoms with E-state index in [1.54, 1.807) is 24.5 Å². The molecule has 0 N–H and O–H groups in total. The molecule has 0 atom stereocenters. The molecule has 0 saturated carbocycles. The normalized spacial score (nSPS) is 16.8. The fourth-order valence-corrected chi connectivity index (χ4v) is 2.15. The topological polar surface area (TPSA) is 51.8 Å². The summed E-state index contributed by atoms with van der Waals surface area (Å²) in [5.74, 6) is 0.426. The Morgan fingerprint density at radius 2 is 1.82 bits per heavy atom. The summed E-state index contributed by atoms with van der Waals surface area (Å²) in [7, 11) is 0. The maximum absolute atomic E-state index is 11.9. The summed E-state index contributed by atoms with van der Waals surface area (Å²) in [5.41, 5.74) is 2.32. The monoisotopic (exact) mass is 295 g/mol. The van der Waals surface area contributed by atoms with E-state index >= 15 is 0 Å². The maximum Gasteiger partial charge on any atom is 0.363 e. The van der Waals surface area contributed by atoms with Gasteiger partial charge in [0.15, 0.2) is 5.70 Å². The molecule has 0 radical (unpaired) electrons. The van der Waals surface area contributed by atoms with Crippen molar-refractivity contribution in [3.05, 3.63) is 65.2 Å². The second kappa shape index (κ2) is 5.30. The molecule has 4 heteroatoms. The lowest BCUT2D eigenvalue weighted by Crippen LogP contribution is -2.11. The average molecular weight is 295 g/mol. The summed E-state index contributed by atoms with van der Waals surface area (Å²) in [4.78, 5) is 16.1. The maximum atomic E-state index is 11.9. The van der Waals surface area contributed by atoms with Gasteiger partial charge in [-0.15, -0.1) is 0 Å². The summed E-state index contributed by atoms with van der Waals surface area (Å²) in [5, 5.41) is 0. The van der Waals surface area contributed by atoms with Crippen LogP contribution in [0.5, 0.6) is 0 Å². The van der Waals surface area contributed by atoms with Gasteiger partial charge in [-0.2, -0.15) is 0 Å². The molecule has 1 aliphatic heterocycles. The molecule has 0 spiro atoms. The van der Waals surface area contributed by atoms with Gasteiger partial charge in [-0.05, 0) is 35.2 Å². The third-order valence-corrected chi connectivity index (χ3v) is 3.44. The number of benzene rings is 1. The van der Waals surface area contributed by atoms with E-state index in [9.17, 15) is 4.79 Å². The molecule has 112 valence electrons. The van der Waals surface area contributed by atoms with Crippen LogP contribution in [0.4, 0.5) is 0 Å². The lowest BCUT2D eigenvalue weighted by molar-refractivity contribution is -0.129. The van der Waals surface area contributed by atoms with Crippen molar-refractivity contribution in [3.8, 4) is 0 Å². The number of nitrogens with zero attached hydrogens (tertiary/aromatic N) is 1. The van der Waals surface area contributed by atoms with Gasteiger partial charge in [-0.1, -0.05) is 32.9 Å². The first-order chi connectivity index (χ1) is 10.4. The first kappa shape index (κ1) is 14.3. The molecular formula is C18H17NO3. The molecule has 4 nitrogen and oxygen atoms in total. The molecule has 0 fully saturated rings. The van der Waals surface area contributed by atoms with Gasteiger partial charge >= 0.3 is 5.97 Å². The Kier molecular flexibility index (Phi) is 3.45. The van der Waals surface area contributed by atoms with Gasteiger partial charge in [0.1, 0.15) is 5.76 Å². The SMILES string of the molecule is CC(C)(C)c1ccc(C2=N/C(=C/c3ccco3)C(=O)O2)cc1. The minimum atomic E-state index is -0.466. The van der Waals surface area contributed by atoms with E-state index < -0.39 is 5.97 Å². The van der Waals surface area contributed by atoms with Crippen LogP contribution in [-0.4, -0.2) is 11.9 Å². The molecule has 0 bridgehead atoms. The van der Waals surface area contributed by atoms with Crippen LogP contribution < -0.4 is 0 Å². The Bertz CT molecular complexity index is 745. The minimum Gasteiger partial charge on any atom is -0.465 e. The van der Waals surface area contributed by atoms with Crippen LogP contribution in [-0.2, 0) is 14.9 Å². The molecule has 2 aromatic rings. The number of carbonyl (C=O) groups is 1. The van der Waals surface area contributed by atoms with E-state index in [1.807, 2.05) is 24.3 Å². The third-order valence-electron chi connectivity index (χ3n) is 3.44. The van der Waals surface area contributed by atoms with Crippen molar-refractivity contribution in [1.82, 2.24) is 0 Å². The molecule has 1 aromatic carbocycles. The van der Waals surface area contributed by atoms with Crippen molar-refractivity contribution in [2.45, 2.75) is 26.2 Å². The molecule has 1 aliphatic rings. The van der Waals surface area contributed by atoms with Crippen LogP contribution in [0.2, 0.25) is 0 Å². The average Bonchev–Trinajstić information content (AvgIpc) is 3.09. The number of carbonyl (C=O) groups excluding carboxylic acids is 1. The van der Waals surface area contributed by atoms with E-state index in [0.717, 1.165) is 5.56 Å². The fourth-order valence-electron chi connectivity index (χ4n) is 2.15. The molecular weight excluding hydrogens is 278 g/mol. The Morgan fingerprint density at radius 3 is 2.41 bits per heavy atom. The number of aliphatic imine (C=N–C) groups is 1. The standard InChI is InChI=1S/C18H17NO3/c1-18(2,3)13-8-6-12(7-9-13)16-19-15(17(20)22-16)11-14-5-4-10-21-14/h4-11H,1-3H3/b15-11+. The zero-order chi connectivity index (χ0) is 15.7. The zero-order valence-corrected chi connectivity index (χ0v) is 12.8. The minimum absolute atomic E-state index is 0.0804. The van der Waals surface area contributed by atoms with Gasteiger partial charge in [0.05, 0.1) is 6.26 Å². The lowest BCUT2D eigenvalue weighted by atomic mass is 9.87. The van der Waals surface area contributed by atoms with Crippen LogP contribution in [0.1, 0.15) is 37.7 Å². The van der Waals surface area contributed by atoms with Crippen molar-refractivity contribution in [2.24, 2.45) is 4.99 Å². The first-order valence-electron chi connectivity index (χ1n) is 7.10. The van der Waals surface area contributed by atoms with E-state index in [2.05, 4.69) is 25.8 Å². The quantitative estimate of drug-likeness (QED) is 0.623. The van der Waals surface area contributed by atoms with E-state index in [4.69, 9.17) is 9.15 Å². The van der Waals surface area contributed by atoms with E-state index in [0.29, 0.717) is 11.7 Å².